The fourth-order valence-electron chi connectivity index (χ4n) is 1.83. The Hall–Kier alpha value is -1.54. The molecule has 0 fully saturated rings. The van der Waals surface area contributed by atoms with E-state index in [1.165, 1.54) is 15.8 Å². The lowest BCUT2D eigenvalue weighted by atomic mass is 10.1. The quantitative estimate of drug-likeness (QED) is 0.396. The van der Waals surface area contributed by atoms with Gasteiger partial charge in [-0.05, 0) is 21.8 Å². The van der Waals surface area contributed by atoms with E-state index in [2.05, 4.69) is 47.1 Å². The van der Waals surface area contributed by atoms with Crippen LogP contribution in [0.25, 0.3) is 21.3 Å². The fraction of sp³-hybridized carbons (Fsp3) is 0. The van der Waals surface area contributed by atoms with Crippen LogP contribution in [-0.2, 0) is 0 Å². The Morgan fingerprint density at radius 2 is 1.93 bits per heavy atom. The van der Waals surface area contributed by atoms with E-state index in [1.54, 1.807) is 0 Å². The van der Waals surface area contributed by atoms with Crippen molar-refractivity contribution in [3.05, 3.63) is 48.3 Å². The summed E-state index contributed by atoms with van der Waals surface area (Å²) in [5.74, 6) is 0. The number of fused-ring (bicyclic) bond motifs is 3. The Labute approximate surface area is 84.2 Å². The van der Waals surface area contributed by atoms with Crippen LogP contribution in [0.15, 0.2) is 48.3 Å². The summed E-state index contributed by atoms with van der Waals surface area (Å²) in [7, 11) is 0.256. The first-order valence-corrected chi connectivity index (χ1v) is 5.92. The summed E-state index contributed by atoms with van der Waals surface area (Å²) in [6, 6.07) is 12.8. The van der Waals surface area contributed by atoms with Crippen molar-refractivity contribution >= 4 is 30.4 Å². The van der Waals surface area contributed by atoms with E-state index < -0.39 is 0 Å². The Bertz CT molecular complexity index is 549. The van der Waals surface area contributed by atoms with Crippen LogP contribution in [-0.4, -0.2) is 14.1 Å². The van der Waals surface area contributed by atoms with Gasteiger partial charge < -0.3 is 0 Å². The molecule has 3 aromatic rings. The summed E-state index contributed by atoms with van der Waals surface area (Å²) in [6.07, 6.45) is 1.92. The van der Waals surface area contributed by atoms with Gasteiger partial charge in [-0.15, -0.1) is 0 Å². The van der Waals surface area contributed by atoms with Gasteiger partial charge >= 0.3 is 0 Å². The molecule has 0 N–H and O–H groups in total. The highest BCUT2D eigenvalue weighted by Crippen LogP contribution is 2.20. The summed E-state index contributed by atoms with van der Waals surface area (Å²) in [5, 5.41) is 2.69. The monoisotopic (exact) mass is 195 g/mol. The SMILES string of the molecule is c1ccc2c(c1)ccc1ncc[siH]c12. The highest BCUT2D eigenvalue weighted by molar-refractivity contribution is 6.50. The van der Waals surface area contributed by atoms with Gasteiger partial charge in [-0.1, -0.05) is 36.0 Å². The van der Waals surface area contributed by atoms with Gasteiger partial charge in [0.05, 0.1) is 5.52 Å². The molecule has 1 aromatic heterocycles. The van der Waals surface area contributed by atoms with Gasteiger partial charge in [0.25, 0.3) is 0 Å². The molecule has 0 radical (unpaired) electrons. The summed E-state index contributed by atoms with van der Waals surface area (Å²) in [6.45, 7) is 0. The molecule has 1 heterocycles. The van der Waals surface area contributed by atoms with Crippen molar-refractivity contribution in [1.82, 2.24) is 4.98 Å². The molecule has 0 saturated heterocycles. The first-order valence-electron chi connectivity index (χ1n) is 4.68. The van der Waals surface area contributed by atoms with Crippen molar-refractivity contribution in [3.63, 3.8) is 0 Å². The van der Waals surface area contributed by atoms with E-state index in [1.807, 2.05) is 6.20 Å². The molecular formula is C12H9NSi. The lowest BCUT2D eigenvalue weighted by Crippen LogP contribution is -1.84. The van der Waals surface area contributed by atoms with E-state index in [4.69, 9.17) is 0 Å². The van der Waals surface area contributed by atoms with E-state index >= 15 is 0 Å². The van der Waals surface area contributed by atoms with Crippen molar-refractivity contribution in [2.24, 2.45) is 0 Å². The molecule has 0 bridgehead atoms. The second-order valence-corrected chi connectivity index (χ2v) is 4.65. The largest absolute Gasteiger partial charge is 0.257 e. The summed E-state index contributed by atoms with van der Waals surface area (Å²) in [5.41, 5.74) is 3.34. The van der Waals surface area contributed by atoms with Gasteiger partial charge in [0.1, 0.15) is 0 Å². The molecule has 0 saturated carbocycles. The third-order valence-electron chi connectivity index (χ3n) is 2.51. The lowest BCUT2D eigenvalue weighted by molar-refractivity contribution is 1.45. The van der Waals surface area contributed by atoms with Crippen molar-refractivity contribution in [2.75, 3.05) is 0 Å². The Kier molecular flexibility index (Phi) is 1.67. The smallest absolute Gasteiger partial charge is 0.0661 e. The summed E-state index contributed by atoms with van der Waals surface area (Å²) in [4.78, 5) is 5.82. The van der Waals surface area contributed by atoms with Crippen LogP contribution in [0.1, 0.15) is 0 Å². The third kappa shape index (κ3) is 1.08. The molecule has 0 aliphatic heterocycles. The zero-order valence-electron chi connectivity index (χ0n) is 7.64. The van der Waals surface area contributed by atoms with Gasteiger partial charge in [0.2, 0.25) is 0 Å². The van der Waals surface area contributed by atoms with Gasteiger partial charge in [-0.3, -0.25) is 4.98 Å². The zero-order chi connectivity index (χ0) is 9.38. The minimum absolute atomic E-state index is 0.256. The molecule has 14 heavy (non-hydrogen) atoms. The molecule has 0 aliphatic rings. The standard InChI is InChI=1S/C12H9NSi/c1-2-4-10-9(3-1)5-6-11-12(10)14-8-7-13-11/h1-8,14H. The van der Waals surface area contributed by atoms with Crippen LogP contribution in [0, 0.1) is 0 Å². The second kappa shape index (κ2) is 2.99. The normalized spacial score (nSPS) is 10.9. The second-order valence-electron chi connectivity index (χ2n) is 3.36. The maximum absolute atomic E-state index is 4.38. The molecule has 2 aromatic carbocycles. The van der Waals surface area contributed by atoms with Crippen molar-refractivity contribution in [2.45, 2.75) is 0 Å². The molecule has 0 spiro atoms. The molecular weight excluding hydrogens is 186 g/mol. The number of benzene rings is 2. The van der Waals surface area contributed by atoms with E-state index in [0.29, 0.717) is 0 Å². The highest BCUT2D eigenvalue weighted by Gasteiger charge is 1.98. The number of hydrogen-bond donors (Lipinski definition) is 0. The van der Waals surface area contributed by atoms with Crippen molar-refractivity contribution in [1.29, 1.82) is 0 Å². The maximum Gasteiger partial charge on any atom is 0.0661 e. The predicted octanol–water partition coefficient (Wildman–Crippen LogP) is 2.46. The average Bonchev–Trinajstić information content (AvgIpc) is 2.29. The molecule has 0 aliphatic carbocycles. The minimum Gasteiger partial charge on any atom is -0.257 e. The number of rotatable bonds is 0. The third-order valence-corrected chi connectivity index (χ3v) is 3.81. The van der Waals surface area contributed by atoms with Crippen LogP contribution in [0.3, 0.4) is 0 Å². The molecule has 0 amide bonds. The number of hydrogen-bond acceptors (Lipinski definition) is 1. The molecule has 3 rings (SSSR count). The van der Waals surface area contributed by atoms with Gasteiger partial charge in [0, 0.05) is 15.3 Å². The highest BCUT2D eigenvalue weighted by atomic mass is 28.2. The van der Waals surface area contributed by atoms with Gasteiger partial charge in [-0.25, -0.2) is 0 Å². The Balaban J connectivity index is 2.61. The summed E-state index contributed by atoms with van der Waals surface area (Å²) >= 11 is 0. The number of nitrogens with zero attached hydrogens (tertiary/aromatic N) is 1. The van der Waals surface area contributed by atoms with Gasteiger partial charge in [0.15, 0.2) is 0 Å². The van der Waals surface area contributed by atoms with Crippen molar-refractivity contribution < 1.29 is 0 Å². The molecule has 1 nitrogen and oxygen atoms in total. The van der Waals surface area contributed by atoms with Crippen LogP contribution in [0.5, 0.6) is 0 Å². The summed E-state index contributed by atoms with van der Waals surface area (Å²) < 4.78 is 0. The minimum atomic E-state index is 0.256. The predicted molar refractivity (Wildman–Crippen MR) is 62.0 cm³/mol. The molecule has 0 atom stereocenters. The zero-order valence-corrected chi connectivity index (χ0v) is 8.80. The van der Waals surface area contributed by atoms with Crippen LogP contribution < -0.4 is 0 Å². The van der Waals surface area contributed by atoms with E-state index in [-0.39, 0.29) is 9.12 Å². The molecule has 66 valence electrons. The van der Waals surface area contributed by atoms with Crippen LogP contribution >= 0.6 is 0 Å². The molecule has 0 unspecified atom stereocenters. The van der Waals surface area contributed by atoms with Gasteiger partial charge in [-0.2, -0.15) is 0 Å². The first kappa shape index (κ1) is 7.82. The first-order chi connectivity index (χ1) is 6.95. The Morgan fingerprint density at radius 3 is 2.93 bits per heavy atom. The maximum atomic E-state index is 4.38. The lowest BCUT2D eigenvalue weighted by Gasteiger charge is -2.01. The Morgan fingerprint density at radius 1 is 1.00 bits per heavy atom. The molecule has 2 heteroatoms. The van der Waals surface area contributed by atoms with Crippen molar-refractivity contribution in [3.8, 4) is 0 Å². The van der Waals surface area contributed by atoms with Crippen LogP contribution in [0.2, 0.25) is 0 Å². The van der Waals surface area contributed by atoms with E-state index in [9.17, 15) is 0 Å². The number of aromatic nitrogens is 1. The van der Waals surface area contributed by atoms with Crippen LogP contribution in [0.4, 0.5) is 0 Å². The van der Waals surface area contributed by atoms with E-state index in [0.717, 1.165) is 5.52 Å². The fourth-order valence-corrected chi connectivity index (χ4v) is 2.98. The topological polar surface area (TPSA) is 12.9 Å². The average molecular weight is 195 g/mol.